The molecule has 0 saturated carbocycles. The quantitative estimate of drug-likeness (QED) is 0.0949. The molecule has 2 aliphatic heterocycles. The number of halogens is 1. The maximum absolute atomic E-state index is 6.52. The topological polar surface area (TPSA) is 26.1 Å². The van der Waals surface area contributed by atoms with E-state index in [-0.39, 0.29) is 5.41 Å². The number of para-hydroxylation sites is 4. The van der Waals surface area contributed by atoms with Gasteiger partial charge in [0.2, 0.25) is 0 Å². The third-order valence-corrected chi connectivity index (χ3v) is 32.7. The molecule has 0 amide bonds. The summed E-state index contributed by atoms with van der Waals surface area (Å²) in [5, 5.41) is 9.65. The number of nitrogens with zero attached hydrogens (tertiary/aromatic N) is 4. The van der Waals surface area contributed by atoms with Crippen LogP contribution < -0.4 is 40.8 Å². The number of thiophene rings is 1. The van der Waals surface area contributed by atoms with Crippen molar-refractivity contribution >= 4 is 155 Å². The Labute approximate surface area is 790 Å². The summed E-state index contributed by atoms with van der Waals surface area (Å²) in [5.41, 5.74) is 36.9. The van der Waals surface area contributed by atoms with Crippen molar-refractivity contribution in [3.05, 3.63) is 479 Å². The van der Waals surface area contributed by atoms with E-state index in [2.05, 4.69) is 488 Å². The standard InChI is InChI=1S/C125H82IN4OS2/c1-125(2)109-38-13-10-30-102(109)103-68-66-95(77-110(103)125)128(92-60-54-83(55-61-92)88-58-70-116-112(75-88)126-111-39-14-15-40-115(111)129(116)93-64-56-85(57-65-93)99-34-20-36-107-105-32-11-16-42-119(105)131-123(99)107)114-73-69-97(101-29-8-9-31-104(101)114)90-25-18-24-87(74-90)81-44-46-82(47-45-81)89-59-71-117-121(76-89)132-122-78-96(127(91-26-4-3-5-27-91)113-41-19-23-84-22-6-7-28-98(84)113)67-72-118(122)130(117)94-62-52-80(53-63-94)79-48-50-86(51-49-79)100-35-21-37-108-106-33-12-17-43-120(106)133-124(100)108/h3-78H,1-2H3/q-1. The minimum atomic E-state index is -0.500. The van der Waals surface area contributed by atoms with Crippen LogP contribution in [0.3, 0.4) is 0 Å². The van der Waals surface area contributed by atoms with Crippen LogP contribution in [-0.4, -0.2) is 0 Å². The fourth-order valence-electron chi connectivity index (χ4n) is 20.9. The third kappa shape index (κ3) is 13.4. The average molecular weight is 1850 g/mol. The molecular weight excluding hydrogens is 1760 g/mol. The van der Waals surface area contributed by atoms with Crippen LogP contribution in [0, 0.1) is 7.14 Å². The number of hydrogen-bond donors (Lipinski definition) is 0. The summed E-state index contributed by atoms with van der Waals surface area (Å²) >= 11 is 3.23. The molecule has 21 aromatic carbocycles. The minimum absolute atomic E-state index is 0.200. The monoisotopic (exact) mass is 1850 g/mol. The molecule has 5 nitrogen and oxygen atoms in total. The molecule has 26 rings (SSSR count). The Morgan fingerprint density at radius 1 is 0.263 bits per heavy atom. The van der Waals surface area contributed by atoms with Crippen molar-refractivity contribution in [2.24, 2.45) is 0 Å². The van der Waals surface area contributed by atoms with Crippen LogP contribution in [-0.2, 0) is 5.41 Å². The van der Waals surface area contributed by atoms with Crippen molar-refractivity contribution in [2.45, 2.75) is 29.1 Å². The fraction of sp³-hybridized carbons (Fsp3) is 0.0240. The van der Waals surface area contributed by atoms with Gasteiger partial charge in [0.1, 0.15) is 0 Å². The zero-order valence-electron chi connectivity index (χ0n) is 72.8. The Morgan fingerprint density at radius 3 is 1.52 bits per heavy atom. The normalized spacial score (nSPS) is 12.9. The maximum atomic E-state index is 6.52. The summed E-state index contributed by atoms with van der Waals surface area (Å²) in [6, 6.07) is 171. The molecule has 0 unspecified atom stereocenters. The first-order valence-corrected chi connectivity index (χ1v) is 49.2. The predicted molar refractivity (Wildman–Crippen MR) is 557 cm³/mol. The van der Waals surface area contributed by atoms with Gasteiger partial charge in [0.05, 0.1) is 17.1 Å². The van der Waals surface area contributed by atoms with Gasteiger partial charge in [-0.15, -0.1) is 11.3 Å². The van der Waals surface area contributed by atoms with E-state index in [1.54, 1.807) is 0 Å². The number of furan rings is 1. The van der Waals surface area contributed by atoms with Crippen LogP contribution in [0.5, 0.6) is 0 Å². The van der Waals surface area contributed by atoms with Gasteiger partial charge < -0.3 is 9.80 Å². The van der Waals surface area contributed by atoms with E-state index in [0.717, 1.165) is 118 Å². The van der Waals surface area contributed by atoms with E-state index in [1.165, 1.54) is 131 Å². The first-order chi connectivity index (χ1) is 65.7. The molecule has 8 heteroatoms. The van der Waals surface area contributed by atoms with Gasteiger partial charge in [-0.1, -0.05) is 244 Å². The number of hydrogen-bond acceptors (Lipinski definition) is 7. The molecule has 0 spiro atoms. The molecule has 3 aliphatic rings. The molecule has 23 aromatic rings. The van der Waals surface area contributed by atoms with E-state index in [9.17, 15) is 0 Å². The molecule has 0 atom stereocenters. The molecular formula is C125H82IN4OS2-. The second-order valence-electron chi connectivity index (χ2n) is 35.3. The summed E-state index contributed by atoms with van der Waals surface area (Å²) in [5.74, 6) is 0. The van der Waals surface area contributed by atoms with Crippen molar-refractivity contribution in [1.82, 2.24) is 0 Å². The van der Waals surface area contributed by atoms with Gasteiger partial charge in [0, 0.05) is 52.4 Å². The van der Waals surface area contributed by atoms with Crippen LogP contribution in [0.4, 0.5) is 68.2 Å². The molecule has 0 bridgehead atoms. The van der Waals surface area contributed by atoms with Crippen molar-refractivity contribution in [1.29, 1.82) is 0 Å². The van der Waals surface area contributed by atoms with Crippen molar-refractivity contribution < 1.29 is 25.6 Å². The molecule has 0 N–H and O–H groups in total. The van der Waals surface area contributed by atoms with Gasteiger partial charge in [-0.2, -0.15) is 0 Å². The van der Waals surface area contributed by atoms with Gasteiger partial charge in [-0.05, 0) is 139 Å². The molecule has 628 valence electrons. The second kappa shape index (κ2) is 31.9. The molecule has 133 heavy (non-hydrogen) atoms. The first kappa shape index (κ1) is 78.5. The van der Waals surface area contributed by atoms with Crippen molar-refractivity contribution in [3.63, 3.8) is 0 Å². The third-order valence-electron chi connectivity index (χ3n) is 27.4. The van der Waals surface area contributed by atoms with Gasteiger partial charge in [0.15, 0.2) is 0 Å². The Hall–Kier alpha value is -15.6. The number of rotatable bonds is 15. The van der Waals surface area contributed by atoms with Crippen molar-refractivity contribution in [2.75, 3.05) is 19.6 Å². The predicted octanol–water partition coefficient (Wildman–Crippen LogP) is 33.0. The van der Waals surface area contributed by atoms with E-state index in [1.807, 2.05) is 29.2 Å². The summed E-state index contributed by atoms with van der Waals surface area (Å²) in [6.45, 7) is 4.76. The summed E-state index contributed by atoms with van der Waals surface area (Å²) in [6.07, 6.45) is 0. The van der Waals surface area contributed by atoms with Crippen LogP contribution in [0.25, 0.3) is 153 Å². The zero-order chi connectivity index (χ0) is 87.9. The van der Waals surface area contributed by atoms with E-state index < -0.39 is 21.2 Å². The van der Waals surface area contributed by atoms with Crippen LogP contribution in [0.1, 0.15) is 25.0 Å². The molecule has 4 heterocycles. The van der Waals surface area contributed by atoms with Crippen LogP contribution in [0.2, 0.25) is 0 Å². The Balaban J connectivity index is 0.516. The average Bonchev–Trinajstić information content (AvgIpc) is 1.66. The molecule has 0 saturated heterocycles. The molecule has 2 aromatic heterocycles. The van der Waals surface area contributed by atoms with Gasteiger partial charge >= 0.3 is 324 Å². The van der Waals surface area contributed by atoms with Crippen LogP contribution >= 0.6 is 23.1 Å². The van der Waals surface area contributed by atoms with Crippen LogP contribution in [0.15, 0.2) is 475 Å². The number of fused-ring (bicyclic) bond motifs is 15. The first-order valence-electron chi connectivity index (χ1n) is 45.4. The van der Waals surface area contributed by atoms with Gasteiger partial charge in [-0.3, -0.25) is 0 Å². The van der Waals surface area contributed by atoms with Gasteiger partial charge in [0.25, 0.3) is 0 Å². The number of benzene rings is 21. The van der Waals surface area contributed by atoms with E-state index >= 15 is 0 Å². The molecule has 1 aliphatic carbocycles. The summed E-state index contributed by atoms with van der Waals surface area (Å²) < 4.78 is 12.0. The summed E-state index contributed by atoms with van der Waals surface area (Å²) in [7, 11) is 0. The second-order valence-corrected chi connectivity index (χ2v) is 40.3. The zero-order valence-corrected chi connectivity index (χ0v) is 76.6. The van der Waals surface area contributed by atoms with Gasteiger partial charge in [-0.25, -0.2) is 0 Å². The molecule has 0 radical (unpaired) electrons. The fourth-order valence-corrected chi connectivity index (χ4v) is 26.1. The Bertz CT molecular complexity index is 8610. The van der Waals surface area contributed by atoms with E-state index in [4.69, 9.17) is 4.42 Å². The summed E-state index contributed by atoms with van der Waals surface area (Å²) in [4.78, 5) is 12.2. The Morgan fingerprint density at radius 2 is 0.737 bits per heavy atom. The Kier molecular flexibility index (Phi) is 18.8. The van der Waals surface area contributed by atoms with E-state index in [0.29, 0.717) is 0 Å². The van der Waals surface area contributed by atoms with Crippen molar-refractivity contribution in [3.8, 4) is 89.0 Å². The SMILES string of the molecule is CC1(C)c2ccccc2-c2ccc(N(c3ccc(-c4ccc5c(c4)[I-]c4ccccc4N5c4ccc(-c5cccc6c5oc5ccccc56)cc4)cc3)c3ccc(-c4cccc(-c5ccc(-c6ccc7c(c6)Sc6cc(N(c8ccccc8)c8cccc9ccccc89)ccc6N7c6ccc(-c7ccc(-c8cccc9c8sc8ccccc89)cc7)cc6)cc5)c4)c4ccccc34)cc21. The molecule has 0 fully saturated rings. The number of anilines is 12.